The number of methoxy groups -OCH3 is 1. The quantitative estimate of drug-likeness (QED) is 0.791. The van der Waals surface area contributed by atoms with Gasteiger partial charge in [0.05, 0.1) is 12.0 Å². The van der Waals surface area contributed by atoms with Crippen LogP contribution in [-0.2, 0) is 23.0 Å². The summed E-state index contributed by atoms with van der Waals surface area (Å²) in [4.78, 5) is 4.68. The van der Waals surface area contributed by atoms with Crippen molar-refractivity contribution in [1.82, 2.24) is 13.9 Å². The molecule has 2 aromatic rings. The lowest BCUT2D eigenvalue weighted by molar-refractivity contribution is 0.251. The van der Waals surface area contributed by atoms with Crippen LogP contribution in [0.4, 0.5) is 0 Å². The van der Waals surface area contributed by atoms with E-state index in [1.165, 1.54) is 0 Å². The Hall–Kier alpha value is -1.86. The molecular formula is C18H25N3O3S. The van der Waals surface area contributed by atoms with E-state index in [2.05, 4.69) is 16.5 Å². The third kappa shape index (κ3) is 3.88. The predicted molar refractivity (Wildman–Crippen MR) is 96.1 cm³/mol. The van der Waals surface area contributed by atoms with E-state index in [9.17, 15) is 8.42 Å². The fourth-order valence-electron chi connectivity index (χ4n) is 3.33. The van der Waals surface area contributed by atoms with Crippen LogP contribution in [0.25, 0.3) is 0 Å². The summed E-state index contributed by atoms with van der Waals surface area (Å²) >= 11 is 0. The van der Waals surface area contributed by atoms with Crippen molar-refractivity contribution in [3.8, 4) is 5.75 Å². The normalized spacial score (nSPS) is 16.9. The van der Waals surface area contributed by atoms with Crippen molar-refractivity contribution < 1.29 is 13.2 Å². The third-order valence-corrected chi connectivity index (χ3v) is 6.76. The van der Waals surface area contributed by atoms with E-state index in [0.717, 1.165) is 31.6 Å². The molecule has 0 radical (unpaired) electrons. The van der Waals surface area contributed by atoms with Gasteiger partial charge in [0.1, 0.15) is 11.6 Å². The zero-order chi connectivity index (χ0) is 17.9. The number of ether oxygens (including phenoxy) is 1. The molecule has 0 unspecified atom stereocenters. The smallest absolute Gasteiger partial charge is 0.243 e. The van der Waals surface area contributed by atoms with Gasteiger partial charge in [-0.3, -0.25) is 0 Å². The highest BCUT2D eigenvalue weighted by molar-refractivity contribution is 7.89. The van der Waals surface area contributed by atoms with Crippen LogP contribution >= 0.6 is 0 Å². The van der Waals surface area contributed by atoms with Gasteiger partial charge in [-0.1, -0.05) is 6.92 Å². The van der Waals surface area contributed by atoms with Crippen LogP contribution in [0, 0.1) is 5.92 Å². The predicted octanol–water partition coefficient (Wildman–Crippen LogP) is 2.56. The van der Waals surface area contributed by atoms with E-state index in [-0.39, 0.29) is 0 Å². The third-order valence-electron chi connectivity index (χ3n) is 4.84. The molecule has 1 fully saturated rings. The maximum absolute atomic E-state index is 12.8. The lowest BCUT2D eigenvalue weighted by Crippen LogP contribution is -2.39. The Kier molecular flexibility index (Phi) is 5.44. The van der Waals surface area contributed by atoms with Crippen molar-refractivity contribution in [3.63, 3.8) is 0 Å². The van der Waals surface area contributed by atoms with Crippen LogP contribution in [-0.4, -0.2) is 42.5 Å². The minimum Gasteiger partial charge on any atom is -0.497 e. The molecule has 0 saturated carbocycles. The summed E-state index contributed by atoms with van der Waals surface area (Å²) in [6, 6.07) is 6.59. The summed E-state index contributed by atoms with van der Waals surface area (Å²) in [6.07, 6.45) is 6.51. The standard InChI is InChI=1S/C18H25N3O3S/c1-3-18-19-10-13-20(18)14-15-8-11-21(12-9-15)25(22,23)17-6-4-16(24-2)5-7-17/h4-7,10,13,15H,3,8-9,11-12,14H2,1-2H3. The van der Waals surface area contributed by atoms with Crippen molar-refractivity contribution in [2.45, 2.75) is 37.6 Å². The molecule has 3 rings (SSSR count). The van der Waals surface area contributed by atoms with Crippen molar-refractivity contribution in [1.29, 1.82) is 0 Å². The number of benzene rings is 1. The highest BCUT2D eigenvalue weighted by atomic mass is 32.2. The van der Waals surface area contributed by atoms with Gasteiger partial charge in [0, 0.05) is 38.4 Å². The molecule has 1 aromatic carbocycles. The van der Waals surface area contributed by atoms with E-state index < -0.39 is 10.0 Å². The maximum Gasteiger partial charge on any atom is 0.243 e. The highest BCUT2D eigenvalue weighted by Crippen LogP contribution is 2.26. The molecule has 0 N–H and O–H groups in total. The van der Waals surface area contributed by atoms with Crippen LogP contribution in [0.3, 0.4) is 0 Å². The van der Waals surface area contributed by atoms with Crippen molar-refractivity contribution in [2.24, 2.45) is 5.92 Å². The first kappa shape index (κ1) is 17.9. The topological polar surface area (TPSA) is 64.4 Å². The fourth-order valence-corrected chi connectivity index (χ4v) is 4.80. The zero-order valence-corrected chi connectivity index (χ0v) is 15.6. The van der Waals surface area contributed by atoms with Gasteiger partial charge in [0.15, 0.2) is 0 Å². The molecule has 25 heavy (non-hydrogen) atoms. The molecule has 136 valence electrons. The van der Waals surface area contributed by atoms with E-state index in [0.29, 0.717) is 29.7 Å². The Morgan fingerprint density at radius 3 is 2.48 bits per heavy atom. The first-order chi connectivity index (χ1) is 12.0. The summed E-state index contributed by atoms with van der Waals surface area (Å²) < 4.78 is 34.4. The van der Waals surface area contributed by atoms with E-state index in [1.54, 1.807) is 35.7 Å². The fraction of sp³-hybridized carbons (Fsp3) is 0.500. The Labute approximate surface area is 149 Å². The van der Waals surface area contributed by atoms with Crippen LogP contribution in [0.1, 0.15) is 25.6 Å². The Balaban J connectivity index is 1.62. The molecule has 2 heterocycles. The summed E-state index contributed by atoms with van der Waals surface area (Å²) in [6.45, 7) is 4.15. The van der Waals surface area contributed by atoms with Gasteiger partial charge in [0.2, 0.25) is 10.0 Å². The van der Waals surface area contributed by atoms with Crippen LogP contribution in [0.15, 0.2) is 41.6 Å². The molecule has 0 spiro atoms. The van der Waals surface area contributed by atoms with E-state index in [1.807, 2.05) is 12.4 Å². The lowest BCUT2D eigenvalue weighted by Gasteiger charge is -2.31. The number of hydrogen-bond donors (Lipinski definition) is 0. The summed E-state index contributed by atoms with van der Waals surface area (Å²) in [5.41, 5.74) is 0. The number of sulfonamides is 1. The second-order valence-electron chi connectivity index (χ2n) is 6.37. The Morgan fingerprint density at radius 1 is 1.20 bits per heavy atom. The first-order valence-corrected chi connectivity index (χ1v) is 10.1. The Morgan fingerprint density at radius 2 is 1.88 bits per heavy atom. The highest BCUT2D eigenvalue weighted by Gasteiger charge is 2.29. The van der Waals surface area contributed by atoms with Gasteiger partial charge in [-0.15, -0.1) is 0 Å². The second-order valence-corrected chi connectivity index (χ2v) is 8.31. The number of hydrogen-bond acceptors (Lipinski definition) is 4. The van der Waals surface area contributed by atoms with Gasteiger partial charge < -0.3 is 9.30 Å². The molecule has 0 bridgehead atoms. The maximum atomic E-state index is 12.8. The number of imidazole rings is 1. The van der Waals surface area contributed by atoms with Crippen molar-refractivity contribution in [2.75, 3.05) is 20.2 Å². The number of aryl methyl sites for hydroxylation is 1. The number of nitrogens with zero attached hydrogens (tertiary/aromatic N) is 3. The minimum atomic E-state index is -3.43. The summed E-state index contributed by atoms with van der Waals surface area (Å²) in [5.74, 6) is 2.24. The van der Waals surface area contributed by atoms with E-state index >= 15 is 0 Å². The molecule has 0 aliphatic carbocycles. The van der Waals surface area contributed by atoms with Crippen LogP contribution < -0.4 is 4.74 Å². The number of piperidine rings is 1. The number of rotatable bonds is 6. The van der Waals surface area contributed by atoms with Gasteiger partial charge in [-0.25, -0.2) is 13.4 Å². The molecular weight excluding hydrogens is 338 g/mol. The van der Waals surface area contributed by atoms with Crippen LogP contribution in [0.2, 0.25) is 0 Å². The second kappa shape index (κ2) is 7.58. The molecule has 1 saturated heterocycles. The molecule has 1 aliphatic heterocycles. The first-order valence-electron chi connectivity index (χ1n) is 8.68. The molecule has 0 amide bonds. The van der Waals surface area contributed by atoms with Crippen molar-refractivity contribution in [3.05, 3.63) is 42.5 Å². The minimum absolute atomic E-state index is 0.328. The SMILES string of the molecule is CCc1nccn1CC1CCN(S(=O)(=O)c2ccc(OC)cc2)CC1. The largest absolute Gasteiger partial charge is 0.497 e. The average molecular weight is 363 g/mol. The van der Waals surface area contributed by atoms with Gasteiger partial charge >= 0.3 is 0 Å². The molecule has 7 heteroatoms. The van der Waals surface area contributed by atoms with Gasteiger partial charge in [0.25, 0.3) is 0 Å². The average Bonchev–Trinajstić information content (AvgIpc) is 3.09. The van der Waals surface area contributed by atoms with Crippen molar-refractivity contribution >= 4 is 10.0 Å². The molecule has 6 nitrogen and oxygen atoms in total. The number of aromatic nitrogens is 2. The zero-order valence-electron chi connectivity index (χ0n) is 14.8. The van der Waals surface area contributed by atoms with Gasteiger partial charge in [-0.05, 0) is 43.0 Å². The summed E-state index contributed by atoms with van der Waals surface area (Å²) in [7, 11) is -1.86. The molecule has 0 atom stereocenters. The van der Waals surface area contributed by atoms with Gasteiger partial charge in [-0.2, -0.15) is 4.31 Å². The van der Waals surface area contributed by atoms with Crippen LogP contribution in [0.5, 0.6) is 5.75 Å². The lowest BCUT2D eigenvalue weighted by atomic mass is 9.98. The van der Waals surface area contributed by atoms with E-state index in [4.69, 9.17) is 4.74 Å². The molecule has 1 aromatic heterocycles. The molecule has 1 aliphatic rings. The Bertz CT molecular complexity index is 791. The summed E-state index contributed by atoms with van der Waals surface area (Å²) in [5, 5.41) is 0. The monoisotopic (exact) mass is 363 g/mol.